The number of hydrogen-bond acceptors (Lipinski definition) is 2. The molecule has 0 atom stereocenters. The number of carbonyl (C=O) groups is 1. The van der Waals surface area contributed by atoms with Crippen LogP contribution in [0.4, 0.5) is 0 Å². The highest BCUT2D eigenvalue weighted by atomic mass is 17.1. The quantitative estimate of drug-likeness (QED) is 0.369. The molecule has 1 fully saturated rings. The molecule has 1 heterocycles. The number of hydrogen-bond donors (Lipinski definition) is 1. The van der Waals surface area contributed by atoms with Gasteiger partial charge >= 0.3 is 0 Å². The second-order valence-electron chi connectivity index (χ2n) is 5.02. The Hall–Kier alpha value is -1.43. The maximum atomic E-state index is 11.3. The Balaban J connectivity index is 0.000000211. The molecule has 1 aliphatic rings. The molecule has 2 rings (SSSR count). The number of quaternary nitrogens is 1. The molecular formula is C16H26N2O3. The van der Waals surface area contributed by atoms with Gasteiger partial charge in [0.15, 0.2) is 0 Å². The molecule has 0 bridgehead atoms. The third kappa shape index (κ3) is 7.80. The van der Waals surface area contributed by atoms with Gasteiger partial charge in [-0.1, -0.05) is 42.3 Å². The molecule has 118 valence electrons. The minimum atomic E-state index is 0.291. The zero-order chi connectivity index (χ0) is 15.3. The molecule has 1 aliphatic heterocycles. The Morgan fingerprint density at radius 3 is 2.48 bits per heavy atom. The summed E-state index contributed by atoms with van der Waals surface area (Å²) in [6, 6.07) is 9.74. The molecule has 1 aromatic carbocycles. The second-order valence-corrected chi connectivity index (χ2v) is 5.02. The predicted octanol–water partition coefficient (Wildman–Crippen LogP) is 0.391. The van der Waals surface area contributed by atoms with E-state index in [1.807, 2.05) is 35.2 Å². The standard InChI is InChI=1S/C8H16N2O.C8H9O2/c9-5-4-8(11)10-6-2-1-3-7-10;9-10-7-6-8-4-2-1-3-5-8/h1-7,9H2;1-5,7,10H,6H2/q;-1/p+1. The first-order chi connectivity index (χ1) is 10.3. The lowest BCUT2D eigenvalue weighted by Crippen LogP contribution is -2.52. The van der Waals surface area contributed by atoms with E-state index in [2.05, 4.69) is 10.6 Å². The van der Waals surface area contributed by atoms with Crippen LogP contribution < -0.4 is 11.0 Å². The molecule has 0 saturated carbocycles. The van der Waals surface area contributed by atoms with Crippen molar-refractivity contribution in [3.05, 3.63) is 42.5 Å². The summed E-state index contributed by atoms with van der Waals surface area (Å²) in [5, 5.41) is 9.67. The van der Waals surface area contributed by atoms with Crippen LogP contribution in [0.25, 0.3) is 0 Å². The summed E-state index contributed by atoms with van der Waals surface area (Å²) < 4.78 is 0. The van der Waals surface area contributed by atoms with Gasteiger partial charge in [-0.15, -0.1) is 0 Å². The molecule has 0 unspecified atom stereocenters. The lowest BCUT2D eigenvalue weighted by atomic mass is 10.1. The molecular weight excluding hydrogens is 268 g/mol. The van der Waals surface area contributed by atoms with E-state index in [-0.39, 0.29) is 0 Å². The molecule has 0 radical (unpaired) electrons. The largest absolute Gasteiger partial charge is 0.587 e. The number of carbonyl (C=O) groups excluding carboxylic acids is 1. The van der Waals surface area contributed by atoms with Crippen molar-refractivity contribution in [2.45, 2.75) is 32.1 Å². The van der Waals surface area contributed by atoms with Crippen LogP contribution in [0.5, 0.6) is 0 Å². The van der Waals surface area contributed by atoms with Crippen LogP contribution >= 0.6 is 0 Å². The predicted molar refractivity (Wildman–Crippen MR) is 79.9 cm³/mol. The topological polar surface area (TPSA) is 83.8 Å². The summed E-state index contributed by atoms with van der Waals surface area (Å²) in [4.78, 5) is 15.9. The number of piperidine rings is 1. The third-order valence-electron chi connectivity index (χ3n) is 3.34. The summed E-state index contributed by atoms with van der Waals surface area (Å²) in [6.07, 6.45) is 4.91. The van der Waals surface area contributed by atoms with E-state index in [4.69, 9.17) is 0 Å². The smallest absolute Gasteiger partial charge is 0.228 e. The van der Waals surface area contributed by atoms with Crippen molar-refractivity contribution in [1.29, 1.82) is 0 Å². The van der Waals surface area contributed by atoms with E-state index >= 15 is 0 Å². The molecule has 1 amide bonds. The Morgan fingerprint density at radius 2 is 1.90 bits per heavy atom. The fourth-order valence-electron chi connectivity index (χ4n) is 2.21. The van der Waals surface area contributed by atoms with Gasteiger partial charge in [-0.25, -0.2) is 0 Å². The highest BCUT2D eigenvalue weighted by Crippen LogP contribution is 2.09. The van der Waals surface area contributed by atoms with Crippen molar-refractivity contribution in [3.8, 4) is 0 Å². The molecule has 0 aromatic heterocycles. The number of likely N-dealkylation sites (tertiary alicyclic amines) is 1. The lowest BCUT2D eigenvalue weighted by molar-refractivity contribution is -0.761. The van der Waals surface area contributed by atoms with Crippen molar-refractivity contribution >= 4 is 5.91 Å². The van der Waals surface area contributed by atoms with E-state index in [9.17, 15) is 10.1 Å². The van der Waals surface area contributed by atoms with Crippen LogP contribution in [-0.4, -0.2) is 35.3 Å². The summed E-state index contributed by atoms with van der Waals surface area (Å²) in [5.41, 5.74) is 4.79. The summed E-state index contributed by atoms with van der Waals surface area (Å²) in [5.74, 6) is 0.291. The summed E-state index contributed by atoms with van der Waals surface area (Å²) >= 11 is 0. The van der Waals surface area contributed by atoms with Gasteiger partial charge < -0.3 is 20.8 Å². The third-order valence-corrected chi connectivity index (χ3v) is 3.34. The van der Waals surface area contributed by atoms with Crippen molar-refractivity contribution in [3.63, 3.8) is 0 Å². The van der Waals surface area contributed by atoms with Crippen LogP contribution in [0.2, 0.25) is 0 Å². The van der Waals surface area contributed by atoms with E-state index in [0.29, 0.717) is 18.7 Å². The van der Waals surface area contributed by atoms with Crippen LogP contribution in [-0.2, 0) is 11.2 Å². The zero-order valence-corrected chi connectivity index (χ0v) is 12.5. The number of amides is 1. The van der Waals surface area contributed by atoms with Crippen molar-refractivity contribution in [1.82, 2.24) is 4.90 Å². The number of nitrogens with zero attached hydrogens (tertiary/aromatic N) is 1. The first kappa shape index (κ1) is 17.6. The minimum absolute atomic E-state index is 0.291. The molecule has 1 saturated heterocycles. The van der Waals surface area contributed by atoms with Gasteiger partial charge in [0.25, 0.3) is 0 Å². The van der Waals surface area contributed by atoms with Gasteiger partial charge in [-0.2, -0.15) is 0 Å². The monoisotopic (exact) mass is 294 g/mol. The number of aliphatic hydroxyl groups is 1. The molecule has 0 spiro atoms. The molecule has 5 heteroatoms. The van der Waals surface area contributed by atoms with E-state index < -0.39 is 0 Å². The Labute approximate surface area is 126 Å². The highest BCUT2D eigenvalue weighted by molar-refractivity contribution is 5.76. The maximum absolute atomic E-state index is 11.3. The van der Waals surface area contributed by atoms with Crippen molar-refractivity contribution < 1.29 is 20.7 Å². The average molecular weight is 294 g/mol. The Bertz CT molecular complexity index is 378. The van der Waals surface area contributed by atoms with E-state index in [0.717, 1.165) is 25.2 Å². The summed E-state index contributed by atoms with van der Waals surface area (Å²) in [7, 11) is 0. The second kappa shape index (κ2) is 11.3. The minimum Gasteiger partial charge on any atom is -0.587 e. The van der Waals surface area contributed by atoms with E-state index in [1.165, 1.54) is 25.9 Å². The van der Waals surface area contributed by atoms with Gasteiger partial charge in [-0.3, -0.25) is 4.79 Å². The van der Waals surface area contributed by atoms with Gasteiger partial charge in [0, 0.05) is 13.1 Å². The zero-order valence-electron chi connectivity index (χ0n) is 12.5. The molecule has 5 nitrogen and oxygen atoms in total. The van der Waals surface area contributed by atoms with Gasteiger partial charge in [-0.05, 0) is 25.9 Å². The lowest BCUT2D eigenvalue weighted by Gasteiger charge is -2.26. The molecule has 1 aromatic rings. The number of benzene rings is 1. The van der Waals surface area contributed by atoms with E-state index in [1.54, 1.807) is 0 Å². The van der Waals surface area contributed by atoms with Gasteiger partial charge in [0.05, 0.1) is 13.0 Å². The first-order valence-corrected chi connectivity index (χ1v) is 7.53. The van der Waals surface area contributed by atoms with Crippen LogP contribution in [0.1, 0.15) is 31.2 Å². The van der Waals surface area contributed by atoms with Crippen molar-refractivity contribution in [2.75, 3.05) is 19.6 Å². The maximum Gasteiger partial charge on any atom is 0.228 e. The van der Waals surface area contributed by atoms with Crippen LogP contribution in [0, 0.1) is 6.61 Å². The van der Waals surface area contributed by atoms with Crippen molar-refractivity contribution in [2.24, 2.45) is 0 Å². The Morgan fingerprint density at radius 1 is 1.24 bits per heavy atom. The molecule has 21 heavy (non-hydrogen) atoms. The number of rotatable bonds is 5. The fraction of sp³-hybridized carbons (Fsp3) is 0.500. The normalized spacial score (nSPS) is 14.3. The highest BCUT2D eigenvalue weighted by Gasteiger charge is 2.15. The Kier molecular flexibility index (Phi) is 9.44. The van der Waals surface area contributed by atoms with Gasteiger partial charge in [0.2, 0.25) is 5.91 Å². The molecule has 4 N–H and O–H groups in total. The van der Waals surface area contributed by atoms with Gasteiger partial charge in [0.1, 0.15) is 0 Å². The average Bonchev–Trinajstić information content (AvgIpc) is 2.55. The SMILES string of the molecule is [NH3+]CCC(=O)N1CCCCC1.[O-][OH+][CH-]Cc1ccccc1. The van der Waals surface area contributed by atoms with Crippen LogP contribution in [0.3, 0.4) is 0 Å². The first-order valence-electron chi connectivity index (χ1n) is 7.53. The fourth-order valence-corrected chi connectivity index (χ4v) is 2.21. The summed E-state index contributed by atoms with van der Waals surface area (Å²) in [6.45, 7) is 4.03. The molecule has 0 aliphatic carbocycles. The van der Waals surface area contributed by atoms with Crippen LogP contribution in [0.15, 0.2) is 30.3 Å².